The first-order chi connectivity index (χ1) is 13.3. The van der Waals surface area contributed by atoms with E-state index >= 15 is 0 Å². The number of hydrogen-bond acceptors (Lipinski definition) is 5. The fourth-order valence-corrected chi connectivity index (χ4v) is 5.13. The van der Waals surface area contributed by atoms with Crippen molar-refractivity contribution < 1.29 is 4.79 Å². The van der Waals surface area contributed by atoms with Gasteiger partial charge >= 0.3 is 0 Å². The van der Waals surface area contributed by atoms with Crippen LogP contribution in [0.5, 0.6) is 0 Å². The number of anilines is 1. The molecule has 4 heterocycles. The van der Waals surface area contributed by atoms with Crippen LogP contribution in [0.15, 0.2) is 23.7 Å². The lowest BCUT2D eigenvalue weighted by atomic mass is 9.97. The quantitative estimate of drug-likeness (QED) is 0.854. The van der Waals surface area contributed by atoms with Gasteiger partial charge in [0.25, 0.3) is 0 Å². The second-order valence-electron chi connectivity index (χ2n) is 7.80. The normalized spacial score (nSPS) is 21.9. The summed E-state index contributed by atoms with van der Waals surface area (Å²) in [4.78, 5) is 22.2. The molecule has 0 spiro atoms. The van der Waals surface area contributed by atoms with Gasteiger partial charge in [-0.1, -0.05) is 12.8 Å². The Hall–Kier alpha value is -1.66. The summed E-state index contributed by atoms with van der Waals surface area (Å²) in [5.41, 5.74) is 0. The van der Waals surface area contributed by atoms with Gasteiger partial charge in [0.05, 0.1) is 5.92 Å². The molecular weight excluding hydrogens is 356 g/mol. The summed E-state index contributed by atoms with van der Waals surface area (Å²) in [5, 5.41) is 6.53. The van der Waals surface area contributed by atoms with E-state index < -0.39 is 0 Å². The van der Waals surface area contributed by atoms with E-state index in [1.807, 2.05) is 6.20 Å². The molecule has 2 fully saturated rings. The number of pyridine rings is 1. The average molecular weight is 387 g/mol. The van der Waals surface area contributed by atoms with Gasteiger partial charge in [-0.05, 0) is 56.3 Å². The molecule has 0 aliphatic carbocycles. The zero-order valence-corrected chi connectivity index (χ0v) is 16.8. The third kappa shape index (κ3) is 4.61. The van der Waals surface area contributed by atoms with Crippen molar-refractivity contribution in [3.8, 4) is 0 Å². The Morgan fingerprint density at radius 2 is 2.00 bits per heavy atom. The summed E-state index contributed by atoms with van der Waals surface area (Å²) in [6, 6.07) is 4.22. The number of aromatic nitrogens is 1. The molecule has 6 heteroatoms. The van der Waals surface area contributed by atoms with Crippen molar-refractivity contribution in [1.82, 2.24) is 15.2 Å². The van der Waals surface area contributed by atoms with Gasteiger partial charge in [-0.25, -0.2) is 4.98 Å². The minimum absolute atomic E-state index is 0.0681. The lowest BCUT2D eigenvalue weighted by Crippen LogP contribution is -2.45. The van der Waals surface area contributed by atoms with Crippen LogP contribution in [0.2, 0.25) is 0 Å². The Balaban J connectivity index is 1.31. The second kappa shape index (κ2) is 9.02. The number of likely N-dealkylation sites (tertiary alicyclic amines) is 1. The van der Waals surface area contributed by atoms with Gasteiger partial charge in [-0.15, -0.1) is 11.3 Å². The number of hydrogen-bond donors (Lipinski definition) is 1. The maximum atomic E-state index is 12.7. The molecule has 0 saturated carbocycles. The molecule has 2 aliphatic heterocycles. The van der Waals surface area contributed by atoms with E-state index in [2.05, 4.69) is 37.6 Å². The number of rotatable bonds is 5. The van der Waals surface area contributed by atoms with Gasteiger partial charge in [0.1, 0.15) is 5.82 Å². The van der Waals surface area contributed by atoms with Crippen LogP contribution in [-0.2, 0) is 4.79 Å². The highest BCUT2D eigenvalue weighted by molar-refractivity contribution is 7.17. The zero-order valence-electron chi connectivity index (χ0n) is 16.0. The van der Waals surface area contributed by atoms with E-state index in [1.54, 1.807) is 11.3 Å². The number of amides is 1. The predicted molar refractivity (Wildman–Crippen MR) is 112 cm³/mol. The Kier molecular flexibility index (Phi) is 6.24. The van der Waals surface area contributed by atoms with E-state index in [-0.39, 0.29) is 11.8 Å². The Labute approximate surface area is 165 Å². The van der Waals surface area contributed by atoms with Crippen LogP contribution in [0.25, 0.3) is 10.1 Å². The highest BCUT2D eigenvalue weighted by Crippen LogP contribution is 2.31. The van der Waals surface area contributed by atoms with Crippen molar-refractivity contribution in [2.24, 2.45) is 5.92 Å². The smallest absolute Gasteiger partial charge is 0.224 e. The van der Waals surface area contributed by atoms with E-state index in [4.69, 9.17) is 0 Å². The Bertz CT molecular complexity index is 753. The summed E-state index contributed by atoms with van der Waals surface area (Å²) in [6.07, 6.45) is 9.22. The van der Waals surface area contributed by atoms with E-state index in [0.29, 0.717) is 0 Å². The van der Waals surface area contributed by atoms with E-state index in [0.717, 1.165) is 44.8 Å². The molecule has 0 unspecified atom stereocenters. The zero-order chi connectivity index (χ0) is 18.5. The van der Waals surface area contributed by atoms with Gasteiger partial charge < -0.3 is 15.1 Å². The Morgan fingerprint density at radius 3 is 2.85 bits per heavy atom. The molecule has 2 aromatic rings. The van der Waals surface area contributed by atoms with E-state index in [1.165, 1.54) is 48.9 Å². The molecular formula is C21H30N4OS. The molecule has 2 aliphatic rings. The molecule has 0 radical (unpaired) electrons. The van der Waals surface area contributed by atoms with Crippen molar-refractivity contribution >= 4 is 33.1 Å². The first-order valence-corrected chi connectivity index (χ1v) is 11.3. The molecule has 0 bridgehead atoms. The number of nitrogens with zero attached hydrogens (tertiary/aromatic N) is 3. The minimum Gasteiger partial charge on any atom is -0.355 e. The number of piperidine rings is 1. The Morgan fingerprint density at radius 1 is 1.15 bits per heavy atom. The molecule has 4 rings (SSSR count). The number of carbonyl (C=O) groups is 1. The minimum atomic E-state index is 0.0681. The number of nitrogens with one attached hydrogen (secondary N) is 1. The van der Waals surface area contributed by atoms with Crippen LogP contribution >= 0.6 is 11.3 Å². The molecule has 1 N–H and O–H groups in total. The SMILES string of the molecule is O=C(NCCN1CCCCCC1)[C@@H]1CCCN(c2nccc3sccc23)C1. The van der Waals surface area contributed by atoms with Crippen molar-refractivity contribution in [1.29, 1.82) is 0 Å². The van der Waals surface area contributed by atoms with Crippen LogP contribution in [0.1, 0.15) is 38.5 Å². The van der Waals surface area contributed by atoms with Gasteiger partial charge in [-0.2, -0.15) is 0 Å². The summed E-state index contributed by atoms with van der Waals surface area (Å²) in [7, 11) is 0. The summed E-state index contributed by atoms with van der Waals surface area (Å²) < 4.78 is 1.27. The van der Waals surface area contributed by atoms with Gasteiger partial charge in [0.15, 0.2) is 0 Å². The standard InChI is InChI=1S/C21H30N4OS/c26-21(23-10-14-24-11-3-1-2-4-12-24)17-6-5-13-25(16-17)20-18-8-15-27-19(18)7-9-22-20/h7-9,15,17H,1-6,10-14,16H2,(H,23,26)/t17-/m1/s1. The predicted octanol–water partition coefficient (Wildman–Crippen LogP) is 3.50. The molecule has 5 nitrogen and oxygen atoms in total. The number of thiophene rings is 1. The molecule has 0 aromatic carbocycles. The lowest BCUT2D eigenvalue weighted by Gasteiger charge is -2.33. The first kappa shape index (κ1) is 18.7. The molecule has 2 saturated heterocycles. The number of fused-ring (bicyclic) bond motifs is 1. The van der Waals surface area contributed by atoms with Crippen molar-refractivity contribution in [2.75, 3.05) is 44.2 Å². The van der Waals surface area contributed by atoms with Gasteiger partial charge in [0, 0.05) is 42.5 Å². The summed E-state index contributed by atoms with van der Waals surface area (Å²) >= 11 is 1.75. The van der Waals surface area contributed by atoms with Crippen LogP contribution < -0.4 is 10.2 Å². The van der Waals surface area contributed by atoms with Crippen LogP contribution in [0.4, 0.5) is 5.82 Å². The molecule has 146 valence electrons. The largest absolute Gasteiger partial charge is 0.355 e. The molecule has 1 atom stereocenters. The maximum Gasteiger partial charge on any atom is 0.224 e. The van der Waals surface area contributed by atoms with Gasteiger partial charge in [0.2, 0.25) is 5.91 Å². The summed E-state index contributed by atoms with van der Waals surface area (Å²) in [5.74, 6) is 1.32. The fourth-order valence-electron chi connectivity index (χ4n) is 4.36. The highest BCUT2D eigenvalue weighted by atomic mass is 32.1. The average Bonchev–Trinajstić information content (AvgIpc) is 3.04. The third-order valence-electron chi connectivity index (χ3n) is 5.88. The van der Waals surface area contributed by atoms with Crippen molar-refractivity contribution in [3.05, 3.63) is 23.7 Å². The molecule has 1 amide bonds. The summed E-state index contributed by atoms with van der Waals surface area (Å²) in [6.45, 7) is 5.88. The van der Waals surface area contributed by atoms with Crippen molar-refractivity contribution in [3.63, 3.8) is 0 Å². The van der Waals surface area contributed by atoms with Crippen LogP contribution in [0.3, 0.4) is 0 Å². The monoisotopic (exact) mass is 386 g/mol. The number of carbonyl (C=O) groups excluding carboxylic acids is 1. The molecule has 27 heavy (non-hydrogen) atoms. The molecule has 2 aromatic heterocycles. The third-order valence-corrected chi connectivity index (χ3v) is 6.76. The van der Waals surface area contributed by atoms with Crippen LogP contribution in [-0.4, -0.2) is 55.1 Å². The van der Waals surface area contributed by atoms with E-state index in [9.17, 15) is 4.79 Å². The highest BCUT2D eigenvalue weighted by Gasteiger charge is 2.27. The second-order valence-corrected chi connectivity index (χ2v) is 8.75. The van der Waals surface area contributed by atoms with Crippen LogP contribution in [0, 0.1) is 5.92 Å². The topological polar surface area (TPSA) is 48.5 Å². The van der Waals surface area contributed by atoms with Crippen molar-refractivity contribution in [2.45, 2.75) is 38.5 Å². The first-order valence-electron chi connectivity index (χ1n) is 10.4. The fraction of sp³-hybridized carbons (Fsp3) is 0.619. The lowest BCUT2D eigenvalue weighted by molar-refractivity contribution is -0.125. The van der Waals surface area contributed by atoms with Gasteiger partial charge in [-0.3, -0.25) is 4.79 Å². The maximum absolute atomic E-state index is 12.7.